The zero-order valence-electron chi connectivity index (χ0n) is 16.0. The van der Waals surface area contributed by atoms with E-state index in [0.29, 0.717) is 5.69 Å². The maximum Gasteiger partial charge on any atom is 0.292 e. The molecule has 4 N–H and O–H groups in total. The van der Waals surface area contributed by atoms with Crippen LogP contribution in [-0.2, 0) is 6.54 Å². The van der Waals surface area contributed by atoms with E-state index >= 15 is 0 Å². The minimum Gasteiger partial charge on any atom is -0.431 e. The van der Waals surface area contributed by atoms with Gasteiger partial charge in [0.25, 0.3) is 11.9 Å². The van der Waals surface area contributed by atoms with Gasteiger partial charge in [0.15, 0.2) is 5.69 Å². The number of carbonyl (C=O) groups excluding carboxylic acids is 1. The summed E-state index contributed by atoms with van der Waals surface area (Å²) in [7, 11) is 0. The monoisotopic (exact) mass is 430 g/mol. The Morgan fingerprint density at radius 2 is 2.21 bits per heavy atom. The normalized spacial score (nSPS) is 14.8. The lowest BCUT2D eigenvalue weighted by atomic mass is 10.2. The Morgan fingerprint density at radius 3 is 2.93 bits per heavy atom. The smallest absolute Gasteiger partial charge is 0.292 e. The second kappa shape index (κ2) is 8.95. The molecule has 29 heavy (non-hydrogen) atoms. The van der Waals surface area contributed by atoms with Crippen LogP contribution in [0.5, 0.6) is 0 Å². The second-order valence-electron chi connectivity index (χ2n) is 6.61. The Kier molecular flexibility index (Phi) is 6.14. The molecule has 2 aromatic heterocycles. The number of amides is 1. The summed E-state index contributed by atoms with van der Waals surface area (Å²) in [5.74, 6) is -0.364. The van der Waals surface area contributed by atoms with Crippen molar-refractivity contribution in [2.24, 2.45) is 0 Å². The standard InChI is InChI=1S/C19H22N6O2S2/c1-28-16-3-2-12(8-14(16)23-17(26)15-10-27-19(20)24-15)18-22-13(11-29-18)9-25-6-4-21-5-7-25/h2-3,8,10-11,21H,4-7,9H2,1H3,(H2,20,24)(H,23,26). The largest absolute Gasteiger partial charge is 0.431 e. The highest BCUT2D eigenvalue weighted by molar-refractivity contribution is 7.98. The molecule has 4 rings (SSSR count). The minimum absolute atomic E-state index is 0.0335. The van der Waals surface area contributed by atoms with Crippen LogP contribution >= 0.6 is 23.1 Å². The lowest BCUT2D eigenvalue weighted by Gasteiger charge is -2.26. The molecule has 0 saturated carbocycles. The first kappa shape index (κ1) is 19.9. The first-order chi connectivity index (χ1) is 14.1. The van der Waals surface area contributed by atoms with E-state index in [1.165, 1.54) is 6.26 Å². The van der Waals surface area contributed by atoms with Crippen LogP contribution in [0.25, 0.3) is 10.6 Å². The van der Waals surface area contributed by atoms with Crippen molar-refractivity contribution in [2.75, 3.05) is 43.5 Å². The first-order valence-corrected chi connectivity index (χ1v) is 11.3. The van der Waals surface area contributed by atoms with Gasteiger partial charge in [0.05, 0.1) is 11.4 Å². The first-order valence-electron chi connectivity index (χ1n) is 9.20. The Labute approximate surface area is 176 Å². The van der Waals surface area contributed by atoms with E-state index in [9.17, 15) is 4.79 Å². The fraction of sp³-hybridized carbons (Fsp3) is 0.316. The molecule has 3 heterocycles. The number of oxazole rings is 1. The number of nitrogens with zero attached hydrogens (tertiary/aromatic N) is 3. The lowest BCUT2D eigenvalue weighted by molar-refractivity contribution is 0.102. The molecule has 1 aliphatic heterocycles. The summed E-state index contributed by atoms with van der Waals surface area (Å²) in [6, 6.07) is 5.93. The summed E-state index contributed by atoms with van der Waals surface area (Å²) < 4.78 is 4.92. The molecule has 1 saturated heterocycles. The Hall–Kier alpha value is -2.40. The SMILES string of the molecule is CSc1ccc(-c2nc(CN3CCNCC3)cs2)cc1NC(=O)c1coc(N)n1. The van der Waals surface area contributed by atoms with Crippen molar-refractivity contribution in [3.05, 3.63) is 41.2 Å². The molecule has 1 aromatic carbocycles. The number of nitrogens with two attached hydrogens (primary N) is 1. The van der Waals surface area contributed by atoms with E-state index in [1.54, 1.807) is 23.1 Å². The molecule has 0 unspecified atom stereocenters. The molecular weight excluding hydrogens is 408 g/mol. The number of hydrogen-bond donors (Lipinski definition) is 3. The lowest BCUT2D eigenvalue weighted by Crippen LogP contribution is -2.42. The van der Waals surface area contributed by atoms with Crippen molar-refractivity contribution >= 4 is 40.7 Å². The molecule has 0 bridgehead atoms. The van der Waals surface area contributed by atoms with Crippen LogP contribution in [0.4, 0.5) is 11.7 Å². The summed E-state index contributed by atoms with van der Waals surface area (Å²) in [5.41, 5.74) is 8.35. The van der Waals surface area contributed by atoms with E-state index in [2.05, 4.69) is 25.9 Å². The molecule has 0 radical (unpaired) electrons. The van der Waals surface area contributed by atoms with Gasteiger partial charge < -0.3 is 20.8 Å². The van der Waals surface area contributed by atoms with E-state index in [0.717, 1.165) is 53.9 Å². The fourth-order valence-electron chi connectivity index (χ4n) is 3.13. The number of aromatic nitrogens is 2. The molecular formula is C19H22N6O2S2. The number of nitrogens with one attached hydrogen (secondary N) is 2. The Morgan fingerprint density at radius 1 is 1.38 bits per heavy atom. The predicted octanol–water partition coefficient (Wildman–Crippen LogP) is 2.76. The van der Waals surface area contributed by atoms with Crippen molar-refractivity contribution in [3.8, 4) is 10.6 Å². The number of hydrogen-bond acceptors (Lipinski definition) is 9. The van der Waals surface area contributed by atoms with Crippen LogP contribution in [0.3, 0.4) is 0 Å². The van der Waals surface area contributed by atoms with Gasteiger partial charge in [-0.1, -0.05) is 6.07 Å². The summed E-state index contributed by atoms with van der Waals surface area (Å²) in [5, 5.41) is 9.30. The van der Waals surface area contributed by atoms with Gasteiger partial charge in [0, 0.05) is 48.6 Å². The highest BCUT2D eigenvalue weighted by Gasteiger charge is 2.16. The summed E-state index contributed by atoms with van der Waals surface area (Å²) in [6.45, 7) is 4.98. The molecule has 0 spiro atoms. The van der Waals surface area contributed by atoms with Gasteiger partial charge in [-0.3, -0.25) is 9.69 Å². The number of thiazole rings is 1. The third-order valence-corrected chi connectivity index (χ3v) is 6.33. The summed E-state index contributed by atoms with van der Waals surface area (Å²) >= 11 is 3.17. The van der Waals surface area contributed by atoms with Crippen molar-refractivity contribution in [2.45, 2.75) is 11.4 Å². The Bertz CT molecular complexity index is 996. The summed E-state index contributed by atoms with van der Waals surface area (Å²) in [4.78, 5) is 24.5. The van der Waals surface area contributed by atoms with Crippen LogP contribution in [0.15, 0.2) is 39.2 Å². The van der Waals surface area contributed by atoms with Crippen molar-refractivity contribution in [1.82, 2.24) is 20.2 Å². The van der Waals surface area contributed by atoms with Crippen LogP contribution < -0.4 is 16.4 Å². The topological polar surface area (TPSA) is 109 Å². The Balaban J connectivity index is 1.52. The van der Waals surface area contributed by atoms with Gasteiger partial charge in [0.2, 0.25) is 0 Å². The maximum atomic E-state index is 12.4. The third kappa shape index (κ3) is 4.78. The van der Waals surface area contributed by atoms with E-state index in [-0.39, 0.29) is 17.6 Å². The molecule has 0 atom stereocenters. The van der Waals surface area contributed by atoms with Crippen LogP contribution in [0, 0.1) is 0 Å². The number of nitrogen functional groups attached to an aromatic ring is 1. The molecule has 1 amide bonds. The predicted molar refractivity (Wildman–Crippen MR) is 116 cm³/mol. The molecule has 8 nitrogen and oxygen atoms in total. The van der Waals surface area contributed by atoms with Gasteiger partial charge in [0.1, 0.15) is 11.3 Å². The molecule has 1 aliphatic rings. The number of benzene rings is 1. The molecule has 10 heteroatoms. The minimum atomic E-state index is -0.364. The average Bonchev–Trinajstić information content (AvgIpc) is 3.38. The van der Waals surface area contributed by atoms with E-state index in [1.807, 2.05) is 24.5 Å². The quantitative estimate of drug-likeness (QED) is 0.512. The number of anilines is 2. The third-order valence-electron chi connectivity index (χ3n) is 4.60. The van der Waals surface area contributed by atoms with Gasteiger partial charge >= 0.3 is 0 Å². The van der Waals surface area contributed by atoms with Crippen molar-refractivity contribution in [3.63, 3.8) is 0 Å². The second-order valence-corrected chi connectivity index (χ2v) is 8.32. The van der Waals surface area contributed by atoms with Crippen LogP contribution in [0.2, 0.25) is 0 Å². The van der Waals surface area contributed by atoms with Gasteiger partial charge in [-0.05, 0) is 18.4 Å². The van der Waals surface area contributed by atoms with Crippen molar-refractivity contribution in [1.29, 1.82) is 0 Å². The number of piperazine rings is 1. The van der Waals surface area contributed by atoms with Gasteiger partial charge in [-0.25, -0.2) is 4.98 Å². The molecule has 3 aromatic rings. The average molecular weight is 431 g/mol. The number of thioether (sulfide) groups is 1. The fourth-order valence-corrected chi connectivity index (χ4v) is 4.47. The molecule has 152 valence electrons. The zero-order valence-corrected chi connectivity index (χ0v) is 17.6. The van der Waals surface area contributed by atoms with Gasteiger partial charge in [-0.15, -0.1) is 23.1 Å². The number of carbonyl (C=O) groups is 1. The highest BCUT2D eigenvalue weighted by atomic mass is 32.2. The highest BCUT2D eigenvalue weighted by Crippen LogP contribution is 2.33. The van der Waals surface area contributed by atoms with E-state index < -0.39 is 0 Å². The van der Waals surface area contributed by atoms with Gasteiger partial charge in [-0.2, -0.15) is 4.98 Å². The number of rotatable bonds is 6. The molecule has 1 fully saturated rings. The van der Waals surface area contributed by atoms with Crippen LogP contribution in [0.1, 0.15) is 16.2 Å². The van der Waals surface area contributed by atoms with Crippen LogP contribution in [-0.4, -0.2) is 53.2 Å². The summed E-state index contributed by atoms with van der Waals surface area (Å²) in [6.07, 6.45) is 3.21. The van der Waals surface area contributed by atoms with Crippen molar-refractivity contribution < 1.29 is 9.21 Å². The maximum absolute atomic E-state index is 12.4. The van der Waals surface area contributed by atoms with E-state index in [4.69, 9.17) is 15.1 Å². The zero-order chi connectivity index (χ0) is 20.2. The molecule has 0 aliphatic carbocycles.